The van der Waals surface area contributed by atoms with E-state index in [0.29, 0.717) is 12.5 Å². The molecule has 0 bridgehead atoms. The summed E-state index contributed by atoms with van der Waals surface area (Å²) < 4.78 is 5.44. The third-order valence-electron chi connectivity index (χ3n) is 3.67. The van der Waals surface area contributed by atoms with Crippen molar-refractivity contribution in [1.29, 1.82) is 5.26 Å². The summed E-state index contributed by atoms with van der Waals surface area (Å²) in [7, 11) is 0. The summed E-state index contributed by atoms with van der Waals surface area (Å²) >= 11 is 0. The van der Waals surface area contributed by atoms with Crippen LogP contribution in [0.1, 0.15) is 20.8 Å². The van der Waals surface area contributed by atoms with E-state index in [-0.39, 0.29) is 0 Å². The number of ether oxygens (including phenoxy) is 1. The first-order valence-corrected chi connectivity index (χ1v) is 7.08. The molecule has 2 heterocycles. The van der Waals surface area contributed by atoms with E-state index in [1.54, 1.807) is 0 Å². The van der Waals surface area contributed by atoms with Gasteiger partial charge in [-0.25, -0.2) is 0 Å². The summed E-state index contributed by atoms with van der Waals surface area (Å²) in [6.07, 6.45) is 0. The third-order valence-corrected chi connectivity index (χ3v) is 3.67. The number of rotatable bonds is 4. The molecule has 1 aliphatic rings. The van der Waals surface area contributed by atoms with E-state index in [9.17, 15) is 5.26 Å². The van der Waals surface area contributed by atoms with E-state index in [1.807, 2.05) is 39.0 Å². The Hall–Kier alpha value is -1.80. The Morgan fingerprint density at radius 2 is 2.00 bits per heavy atom. The number of nitriles is 1. The maximum atomic E-state index is 9.19. The van der Waals surface area contributed by atoms with Crippen LogP contribution in [-0.4, -0.2) is 48.2 Å². The number of aromatic nitrogens is 1. The van der Waals surface area contributed by atoms with Crippen LogP contribution in [0, 0.1) is 11.3 Å². The monoisotopic (exact) mass is 274 g/mol. The van der Waals surface area contributed by atoms with Crippen molar-refractivity contribution >= 4 is 5.82 Å². The van der Waals surface area contributed by atoms with Crippen molar-refractivity contribution in [2.75, 3.05) is 37.7 Å². The summed E-state index contributed by atoms with van der Waals surface area (Å²) in [5.74, 6) is 1.62. The second kappa shape index (κ2) is 6.10. The highest BCUT2D eigenvalue weighted by atomic mass is 16.5. The molecule has 0 saturated carbocycles. The van der Waals surface area contributed by atoms with Crippen LogP contribution in [0.15, 0.2) is 18.2 Å². The van der Waals surface area contributed by atoms with Gasteiger partial charge < -0.3 is 9.64 Å². The molecule has 1 aliphatic heterocycles. The molecule has 0 radical (unpaired) electrons. The van der Waals surface area contributed by atoms with Crippen molar-refractivity contribution in [3.8, 4) is 11.9 Å². The first-order chi connectivity index (χ1) is 9.56. The predicted molar refractivity (Wildman–Crippen MR) is 78.9 cm³/mol. The van der Waals surface area contributed by atoms with Crippen molar-refractivity contribution in [2.24, 2.45) is 0 Å². The predicted octanol–water partition coefficient (Wildman–Crippen LogP) is 1.90. The molecule has 0 atom stereocenters. The summed E-state index contributed by atoms with van der Waals surface area (Å²) in [5.41, 5.74) is -0.396. The molecule has 1 aromatic heterocycles. The molecule has 108 valence electrons. The highest BCUT2D eigenvalue weighted by Crippen LogP contribution is 2.21. The lowest BCUT2D eigenvalue weighted by molar-refractivity contribution is 0.157. The number of piperazine rings is 1. The lowest BCUT2D eigenvalue weighted by atomic mass is 10.0. The second-order valence-corrected chi connectivity index (χ2v) is 5.41. The molecule has 0 amide bonds. The van der Waals surface area contributed by atoms with Gasteiger partial charge in [-0.2, -0.15) is 10.2 Å². The van der Waals surface area contributed by atoms with E-state index in [1.165, 1.54) is 0 Å². The van der Waals surface area contributed by atoms with E-state index < -0.39 is 5.54 Å². The molecule has 0 aliphatic carbocycles. The lowest BCUT2D eigenvalue weighted by Crippen LogP contribution is -2.54. The zero-order valence-electron chi connectivity index (χ0n) is 12.5. The van der Waals surface area contributed by atoms with Gasteiger partial charge in [0.1, 0.15) is 11.4 Å². The summed E-state index contributed by atoms with van der Waals surface area (Å²) in [5, 5.41) is 9.19. The van der Waals surface area contributed by atoms with Gasteiger partial charge >= 0.3 is 0 Å². The van der Waals surface area contributed by atoms with Gasteiger partial charge in [0, 0.05) is 32.2 Å². The van der Waals surface area contributed by atoms with E-state index >= 15 is 0 Å². The topological polar surface area (TPSA) is 52.4 Å². The first-order valence-electron chi connectivity index (χ1n) is 7.08. The Labute approximate surface area is 120 Å². The molecular formula is C15H22N4O. The van der Waals surface area contributed by atoms with Crippen LogP contribution in [0.3, 0.4) is 0 Å². The molecule has 0 aromatic carbocycles. The summed E-state index contributed by atoms with van der Waals surface area (Å²) in [6, 6.07) is 8.22. The Balaban J connectivity index is 2.00. The van der Waals surface area contributed by atoms with Crippen molar-refractivity contribution in [3.63, 3.8) is 0 Å². The van der Waals surface area contributed by atoms with Crippen LogP contribution >= 0.6 is 0 Å². The average molecular weight is 274 g/mol. The van der Waals surface area contributed by atoms with Crippen LogP contribution in [0.5, 0.6) is 5.88 Å². The van der Waals surface area contributed by atoms with Gasteiger partial charge in [0.2, 0.25) is 5.88 Å². The highest BCUT2D eigenvalue weighted by Gasteiger charge is 2.30. The van der Waals surface area contributed by atoms with Crippen LogP contribution in [0.25, 0.3) is 0 Å². The van der Waals surface area contributed by atoms with Gasteiger partial charge in [-0.05, 0) is 26.8 Å². The molecule has 5 nitrogen and oxygen atoms in total. The van der Waals surface area contributed by atoms with E-state index in [4.69, 9.17) is 4.74 Å². The van der Waals surface area contributed by atoms with Crippen molar-refractivity contribution in [1.82, 2.24) is 9.88 Å². The number of pyridine rings is 1. The van der Waals surface area contributed by atoms with Crippen LogP contribution in [-0.2, 0) is 0 Å². The normalized spacial score (nSPS) is 16.8. The van der Waals surface area contributed by atoms with Crippen molar-refractivity contribution < 1.29 is 4.74 Å². The Morgan fingerprint density at radius 1 is 1.30 bits per heavy atom. The lowest BCUT2D eigenvalue weighted by Gasteiger charge is -2.40. The maximum absolute atomic E-state index is 9.19. The largest absolute Gasteiger partial charge is 0.478 e. The fraction of sp³-hybridized carbons (Fsp3) is 0.600. The Bertz CT molecular complexity index is 487. The van der Waals surface area contributed by atoms with Crippen LogP contribution in [0.4, 0.5) is 5.82 Å². The fourth-order valence-electron chi connectivity index (χ4n) is 2.37. The summed E-state index contributed by atoms with van der Waals surface area (Å²) in [4.78, 5) is 8.97. The number of anilines is 1. The fourth-order valence-corrected chi connectivity index (χ4v) is 2.37. The second-order valence-electron chi connectivity index (χ2n) is 5.41. The zero-order chi connectivity index (χ0) is 14.6. The molecule has 2 rings (SSSR count). The van der Waals surface area contributed by atoms with E-state index in [2.05, 4.69) is 20.9 Å². The third kappa shape index (κ3) is 3.20. The minimum Gasteiger partial charge on any atom is -0.478 e. The molecule has 1 fully saturated rings. The quantitative estimate of drug-likeness (QED) is 0.839. The Kier molecular flexibility index (Phi) is 4.46. The molecule has 0 spiro atoms. The van der Waals surface area contributed by atoms with Gasteiger partial charge in [-0.1, -0.05) is 6.07 Å². The SMILES string of the molecule is CCOc1cccc(N2CCN(C(C)(C)C#N)CC2)n1. The zero-order valence-corrected chi connectivity index (χ0v) is 12.5. The minimum absolute atomic E-state index is 0.396. The smallest absolute Gasteiger partial charge is 0.215 e. The molecule has 0 N–H and O–H groups in total. The first kappa shape index (κ1) is 14.6. The van der Waals surface area contributed by atoms with Crippen LogP contribution in [0.2, 0.25) is 0 Å². The Morgan fingerprint density at radius 3 is 2.60 bits per heavy atom. The molecule has 0 unspecified atom stereocenters. The maximum Gasteiger partial charge on any atom is 0.215 e. The van der Waals surface area contributed by atoms with Gasteiger partial charge in [0.05, 0.1) is 12.7 Å². The highest BCUT2D eigenvalue weighted by molar-refractivity contribution is 5.41. The van der Waals surface area contributed by atoms with Gasteiger partial charge in [0.25, 0.3) is 0 Å². The van der Waals surface area contributed by atoms with Gasteiger partial charge in [-0.3, -0.25) is 4.90 Å². The number of nitrogens with zero attached hydrogens (tertiary/aromatic N) is 4. The van der Waals surface area contributed by atoms with Gasteiger partial charge in [-0.15, -0.1) is 0 Å². The number of hydrogen-bond acceptors (Lipinski definition) is 5. The average Bonchev–Trinajstić information content (AvgIpc) is 2.48. The van der Waals surface area contributed by atoms with Gasteiger partial charge in [0.15, 0.2) is 0 Å². The molecule has 5 heteroatoms. The van der Waals surface area contributed by atoms with Crippen molar-refractivity contribution in [3.05, 3.63) is 18.2 Å². The summed E-state index contributed by atoms with van der Waals surface area (Å²) in [6.45, 7) is 10.0. The standard InChI is InChI=1S/C15H22N4O/c1-4-20-14-7-5-6-13(17-14)18-8-10-19(11-9-18)15(2,3)12-16/h5-7H,4,8-11H2,1-3H3. The van der Waals surface area contributed by atoms with Crippen molar-refractivity contribution in [2.45, 2.75) is 26.3 Å². The molecule has 1 saturated heterocycles. The molecule has 20 heavy (non-hydrogen) atoms. The van der Waals surface area contributed by atoms with Crippen LogP contribution < -0.4 is 9.64 Å². The molecular weight excluding hydrogens is 252 g/mol. The number of hydrogen-bond donors (Lipinski definition) is 0. The minimum atomic E-state index is -0.396. The van der Waals surface area contributed by atoms with E-state index in [0.717, 1.165) is 32.0 Å². The molecule has 1 aromatic rings.